The highest BCUT2D eigenvalue weighted by atomic mass is 16.5. The molecule has 1 aromatic carbocycles. The van der Waals surface area contributed by atoms with Gasteiger partial charge in [-0.1, -0.05) is 31.1 Å². The molecule has 0 bridgehead atoms. The van der Waals surface area contributed by atoms with Crippen LogP contribution in [-0.2, 0) is 6.42 Å². The summed E-state index contributed by atoms with van der Waals surface area (Å²) in [5.74, 6) is 1.68. The second kappa shape index (κ2) is 7.76. The molecule has 0 saturated heterocycles. The minimum absolute atomic E-state index is 0.151. The van der Waals surface area contributed by atoms with Crippen LogP contribution in [0.25, 0.3) is 0 Å². The Bertz CT molecular complexity index is 636. The van der Waals surface area contributed by atoms with Crippen molar-refractivity contribution in [3.63, 3.8) is 0 Å². The minimum Gasteiger partial charge on any atom is -0.340 e. The Hall–Kier alpha value is -2.37. The summed E-state index contributed by atoms with van der Waals surface area (Å²) in [6.45, 7) is 6.63. The summed E-state index contributed by atoms with van der Waals surface area (Å²) in [6, 6.07) is 7.85. The number of likely N-dealkylation sites (N-methyl/N-ethyl adjacent to an activating group) is 1. The molecule has 0 spiro atoms. The van der Waals surface area contributed by atoms with E-state index in [9.17, 15) is 4.79 Å². The molecule has 1 unspecified atom stereocenters. The maximum Gasteiger partial charge on any atom is 0.321 e. The number of nitrogens with one attached hydrogen (secondary N) is 1. The van der Waals surface area contributed by atoms with Crippen molar-refractivity contribution in [2.24, 2.45) is 0 Å². The molecule has 6 heteroatoms. The summed E-state index contributed by atoms with van der Waals surface area (Å²) >= 11 is 0. The zero-order valence-corrected chi connectivity index (χ0v) is 14.2. The molecule has 1 N–H and O–H groups in total. The van der Waals surface area contributed by atoms with Crippen LogP contribution in [0.1, 0.15) is 43.5 Å². The third-order valence-corrected chi connectivity index (χ3v) is 3.93. The smallest absolute Gasteiger partial charge is 0.321 e. The molecular weight excluding hydrogens is 292 g/mol. The van der Waals surface area contributed by atoms with E-state index in [1.165, 1.54) is 5.56 Å². The van der Waals surface area contributed by atoms with E-state index in [-0.39, 0.29) is 6.03 Å². The Labute approximate surface area is 136 Å². The first-order chi connectivity index (χ1) is 11.0. The van der Waals surface area contributed by atoms with E-state index in [0.717, 1.165) is 12.1 Å². The normalized spacial score (nSPS) is 12.0. The number of carbonyl (C=O) groups is 1. The third kappa shape index (κ3) is 4.81. The molecule has 0 fully saturated rings. The van der Waals surface area contributed by atoms with E-state index >= 15 is 0 Å². The molecule has 23 heavy (non-hydrogen) atoms. The first kappa shape index (κ1) is 17.0. The highest BCUT2D eigenvalue weighted by Gasteiger charge is 2.11. The number of aromatic nitrogens is 2. The van der Waals surface area contributed by atoms with E-state index in [0.29, 0.717) is 30.6 Å². The van der Waals surface area contributed by atoms with Crippen molar-refractivity contribution >= 4 is 11.7 Å². The lowest BCUT2D eigenvalue weighted by atomic mass is 9.99. The van der Waals surface area contributed by atoms with Crippen LogP contribution in [0.2, 0.25) is 0 Å². The van der Waals surface area contributed by atoms with Gasteiger partial charge in [0.1, 0.15) is 0 Å². The number of amides is 2. The summed E-state index contributed by atoms with van der Waals surface area (Å²) in [4.78, 5) is 17.9. The predicted octanol–water partition coefficient (Wildman–Crippen LogP) is 3.60. The van der Waals surface area contributed by atoms with Gasteiger partial charge in [-0.3, -0.25) is 0 Å². The zero-order chi connectivity index (χ0) is 16.8. The minimum atomic E-state index is -0.151. The topological polar surface area (TPSA) is 71.3 Å². The largest absolute Gasteiger partial charge is 0.340 e. The standard InChI is InChI=1S/C17H24N4O2/c1-5-12(2)14-6-8-15(9-7-14)19-17(22)21(4)11-10-16-18-13(3)23-20-16/h6-9,12H,5,10-11H2,1-4H3,(H,19,22). The number of benzene rings is 1. The average molecular weight is 316 g/mol. The summed E-state index contributed by atoms with van der Waals surface area (Å²) in [6.07, 6.45) is 1.66. The Morgan fingerprint density at radius 2 is 2.04 bits per heavy atom. The van der Waals surface area contributed by atoms with Gasteiger partial charge in [-0.15, -0.1) is 0 Å². The Kier molecular flexibility index (Phi) is 5.73. The fourth-order valence-electron chi connectivity index (χ4n) is 2.16. The van der Waals surface area contributed by atoms with E-state index in [1.54, 1.807) is 18.9 Å². The summed E-state index contributed by atoms with van der Waals surface area (Å²) in [5, 5.41) is 6.71. The number of nitrogens with zero attached hydrogens (tertiary/aromatic N) is 3. The van der Waals surface area contributed by atoms with Gasteiger partial charge in [0.15, 0.2) is 5.82 Å². The van der Waals surface area contributed by atoms with Crippen molar-refractivity contribution in [2.75, 3.05) is 18.9 Å². The molecule has 2 rings (SSSR count). The number of hydrogen-bond acceptors (Lipinski definition) is 4. The molecule has 0 aliphatic rings. The van der Waals surface area contributed by atoms with E-state index < -0.39 is 0 Å². The molecule has 2 amide bonds. The van der Waals surface area contributed by atoms with E-state index in [1.807, 2.05) is 12.1 Å². The molecule has 0 aliphatic heterocycles. The molecule has 6 nitrogen and oxygen atoms in total. The lowest BCUT2D eigenvalue weighted by Crippen LogP contribution is -2.33. The van der Waals surface area contributed by atoms with Gasteiger partial charge in [-0.25, -0.2) is 4.79 Å². The Morgan fingerprint density at radius 3 is 2.61 bits per heavy atom. The third-order valence-electron chi connectivity index (χ3n) is 3.93. The summed E-state index contributed by atoms with van der Waals surface area (Å²) < 4.78 is 4.91. The summed E-state index contributed by atoms with van der Waals surface area (Å²) in [7, 11) is 1.75. The number of carbonyl (C=O) groups excluding carboxylic acids is 1. The van der Waals surface area contributed by atoms with Crippen LogP contribution in [0.3, 0.4) is 0 Å². The first-order valence-electron chi connectivity index (χ1n) is 7.90. The second-order valence-corrected chi connectivity index (χ2v) is 5.76. The van der Waals surface area contributed by atoms with Crippen molar-refractivity contribution in [2.45, 2.75) is 39.5 Å². The highest BCUT2D eigenvalue weighted by molar-refractivity contribution is 5.89. The molecule has 0 saturated carbocycles. The maximum absolute atomic E-state index is 12.2. The fourth-order valence-corrected chi connectivity index (χ4v) is 2.16. The molecule has 0 radical (unpaired) electrons. The quantitative estimate of drug-likeness (QED) is 0.884. The van der Waals surface area contributed by atoms with Crippen molar-refractivity contribution in [3.8, 4) is 0 Å². The molecular formula is C17H24N4O2. The van der Waals surface area contributed by atoms with Gasteiger partial charge in [0.05, 0.1) is 0 Å². The van der Waals surface area contributed by atoms with Crippen LogP contribution in [0, 0.1) is 6.92 Å². The average Bonchev–Trinajstić information content (AvgIpc) is 2.98. The van der Waals surface area contributed by atoms with E-state index in [4.69, 9.17) is 4.52 Å². The highest BCUT2D eigenvalue weighted by Crippen LogP contribution is 2.20. The summed E-state index contributed by atoms with van der Waals surface area (Å²) in [5.41, 5.74) is 2.08. The fraction of sp³-hybridized carbons (Fsp3) is 0.471. The number of hydrogen-bond donors (Lipinski definition) is 1. The van der Waals surface area contributed by atoms with E-state index in [2.05, 4.69) is 41.4 Å². The van der Waals surface area contributed by atoms with Gasteiger partial charge in [0.25, 0.3) is 0 Å². The van der Waals surface area contributed by atoms with Gasteiger partial charge in [0.2, 0.25) is 5.89 Å². The lowest BCUT2D eigenvalue weighted by Gasteiger charge is -2.17. The molecule has 2 aromatic rings. The molecule has 1 heterocycles. The van der Waals surface area contributed by atoms with Crippen LogP contribution in [0.15, 0.2) is 28.8 Å². The number of rotatable bonds is 6. The van der Waals surface area contributed by atoms with Gasteiger partial charge < -0.3 is 14.7 Å². The Balaban J connectivity index is 1.85. The van der Waals surface area contributed by atoms with Crippen molar-refractivity contribution in [1.29, 1.82) is 0 Å². The van der Waals surface area contributed by atoms with Crippen LogP contribution in [0.4, 0.5) is 10.5 Å². The molecule has 1 aromatic heterocycles. The second-order valence-electron chi connectivity index (χ2n) is 5.76. The van der Waals surface area contributed by atoms with Crippen molar-refractivity contribution < 1.29 is 9.32 Å². The zero-order valence-electron chi connectivity index (χ0n) is 14.2. The maximum atomic E-state index is 12.2. The van der Waals surface area contributed by atoms with Gasteiger partial charge in [0, 0.05) is 32.6 Å². The monoisotopic (exact) mass is 316 g/mol. The predicted molar refractivity (Wildman–Crippen MR) is 89.5 cm³/mol. The Morgan fingerprint density at radius 1 is 1.35 bits per heavy atom. The van der Waals surface area contributed by atoms with Gasteiger partial charge in [-0.2, -0.15) is 4.98 Å². The van der Waals surface area contributed by atoms with Crippen molar-refractivity contribution in [1.82, 2.24) is 15.0 Å². The van der Waals surface area contributed by atoms with Crippen LogP contribution < -0.4 is 5.32 Å². The van der Waals surface area contributed by atoms with Crippen molar-refractivity contribution in [3.05, 3.63) is 41.5 Å². The lowest BCUT2D eigenvalue weighted by molar-refractivity contribution is 0.222. The molecule has 1 atom stereocenters. The molecule has 124 valence electrons. The number of aryl methyl sites for hydroxylation is 1. The van der Waals surface area contributed by atoms with Crippen LogP contribution in [0.5, 0.6) is 0 Å². The van der Waals surface area contributed by atoms with Crippen LogP contribution in [-0.4, -0.2) is 34.7 Å². The number of anilines is 1. The van der Waals surface area contributed by atoms with Gasteiger partial charge >= 0.3 is 6.03 Å². The SMILES string of the molecule is CCC(C)c1ccc(NC(=O)N(C)CCc2noc(C)n2)cc1. The van der Waals surface area contributed by atoms with Crippen LogP contribution >= 0.6 is 0 Å². The first-order valence-corrected chi connectivity index (χ1v) is 7.90. The van der Waals surface area contributed by atoms with Gasteiger partial charge in [-0.05, 0) is 30.0 Å². The number of urea groups is 1. The molecule has 0 aliphatic carbocycles.